The van der Waals surface area contributed by atoms with Gasteiger partial charge in [-0.1, -0.05) is 6.07 Å². The number of anilines is 1. The maximum atomic E-state index is 12.0. The number of rotatable bonds is 3. The van der Waals surface area contributed by atoms with E-state index in [1.165, 1.54) is 0 Å². The Bertz CT molecular complexity index is 616. The average Bonchev–Trinajstić information content (AvgIpc) is 2.36. The fraction of sp³-hybridized carbons (Fsp3) is 0.250. The van der Waals surface area contributed by atoms with E-state index in [0.29, 0.717) is 5.69 Å². The predicted octanol–water partition coefficient (Wildman–Crippen LogP) is 2.17. The van der Waals surface area contributed by atoms with Gasteiger partial charge in [0.25, 0.3) is 5.88 Å². The molecular formula is C12H10F3N4O. The third-order valence-electron chi connectivity index (χ3n) is 2.22. The van der Waals surface area contributed by atoms with E-state index in [2.05, 4.69) is 25.9 Å². The summed E-state index contributed by atoms with van der Waals surface area (Å²) in [4.78, 5) is 11.7. The molecular weight excluding hydrogens is 273 g/mol. The summed E-state index contributed by atoms with van der Waals surface area (Å²) < 4.78 is 40.5. The maximum absolute atomic E-state index is 12.0. The first-order valence-electron chi connectivity index (χ1n) is 5.54. The molecule has 20 heavy (non-hydrogen) atoms. The molecule has 5 nitrogen and oxygen atoms in total. The Kier molecular flexibility index (Phi) is 3.73. The van der Waals surface area contributed by atoms with Crippen molar-refractivity contribution in [1.29, 1.82) is 0 Å². The summed E-state index contributed by atoms with van der Waals surface area (Å²) in [6.07, 6.45) is -2.01. The summed E-state index contributed by atoms with van der Waals surface area (Å²) in [6.45, 7) is 0.308. The van der Waals surface area contributed by atoms with Gasteiger partial charge in [0.15, 0.2) is 12.4 Å². The van der Waals surface area contributed by atoms with Gasteiger partial charge in [-0.15, -0.1) is 0 Å². The first-order chi connectivity index (χ1) is 9.35. The van der Waals surface area contributed by atoms with Gasteiger partial charge < -0.3 is 10.5 Å². The van der Waals surface area contributed by atoms with Crippen LogP contribution in [0, 0.1) is 13.1 Å². The molecule has 2 heterocycles. The van der Waals surface area contributed by atoms with Crippen molar-refractivity contribution in [2.45, 2.75) is 13.1 Å². The Morgan fingerprint density at radius 3 is 2.65 bits per heavy atom. The van der Waals surface area contributed by atoms with Crippen LogP contribution < -0.4 is 10.5 Å². The van der Waals surface area contributed by atoms with Crippen LogP contribution in [0.25, 0.3) is 11.4 Å². The van der Waals surface area contributed by atoms with Gasteiger partial charge >= 0.3 is 6.18 Å². The summed E-state index contributed by atoms with van der Waals surface area (Å²) in [5.74, 6) is -0.648. The minimum absolute atomic E-state index is 0.241. The van der Waals surface area contributed by atoms with Crippen molar-refractivity contribution in [2.75, 3.05) is 12.3 Å². The van der Waals surface area contributed by atoms with Gasteiger partial charge in [-0.2, -0.15) is 13.2 Å². The normalized spacial score (nSPS) is 11.4. The molecule has 0 unspecified atom stereocenters. The second-order valence-corrected chi connectivity index (χ2v) is 3.94. The van der Waals surface area contributed by atoms with Crippen molar-refractivity contribution >= 4 is 5.82 Å². The summed E-state index contributed by atoms with van der Waals surface area (Å²) >= 11 is 0. The lowest BCUT2D eigenvalue weighted by Gasteiger charge is -2.10. The highest BCUT2D eigenvalue weighted by Gasteiger charge is 2.29. The lowest BCUT2D eigenvalue weighted by atomic mass is 10.2. The number of pyridine rings is 1. The monoisotopic (exact) mass is 283 g/mol. The number of hydrogen-bond acceptors (Lipinski definition) is 5. The zero-order valence-electron chi connectivity index (χ0n) is 10.4. The van der Waals surface area contributed by atoms with E-state index < -0.39 is 18.7 Å². The number of aromatic nitrogens is 3. The number of ether oxygens (including phenoxy) is 1. The Morgan fingerprint density at radius 1 is 1.30 bits per heavy atom. The van der Waals surface area contributed by atoms with E-state index in [0.717, 1.165) is 5.69 Å². The van der Waals surface area contributed by atoms with Gasteiger partial charge in [-0.3, -0.25) is 4.98 Å². The lowest BCUT2D eigenvalue weighted by molar-refractivity contribution is -0.154. The second kappa shape index (κ2) is 5.32. The van der Waals surface area contributed by atoms with Gasteiger partial charge in [0.2, 0.25) is 0 Å². The van der Waals surface area contributed by atoms with Gasteiger partial charge in [0.05, 0.1) is 5.69 Å². The van der Waals surface area contributed by atoms with Crippen LogP contribution in [0.15, 0.2) is 18.2 Å². The van der Waals surface area contributed by atoms with E-state index in [1.54, 1.807) is 25.1 Å². The van der Waals surface area contributed by atoms with Crippen LogP contribution in [0.4, 0.5) is 19.0 Å². The van der Waals surface area contributed by atoms with Crippen molar-refractivity contribution in [3.8, 4) is 17.3 Å². The fourth-order valence-corrected chi connectivity index (χ4v) is 1.40. The van der Waals surface area contributed by atoms with Crippen LogP contribution in [0.5, 0.6) is 5.88 Å². The SMILES string of the molecule is Cc1cccc(-c2[c]nc(OCC(F)(F)F)c(N)n2)n1. The van der Waals surface area contributed by atoms with Crippen molar-refractivity contribution in [3.05, 3.63) is 30.1 Å². The minimum atomic E-state index is -4.47. The Balaban J connectivity index is 2.22. The average molecular weight is 283 g/mol. The molecule has 0 atom stereocenters. The third-order valence-corrected chi connectivity index (χ3v) is 2.22. The number of nitrogens with zero attached hydrogens (tertiary/aromatic N) is 3. The zero-order valence-corrected chi connectivity index (χ0v) is 10.4. The number of nitrogen functional groups attached to an aromatic ring is 1. The summed E-state index contributed by atoms with van der Waals surface area (Å²) in [6, 6.07) is 5.22. The molecule has 0 aromatic carbocycles. The second-order valence-electron chi connectivity index (χ2n) is 3.94. The summed E-state index contributed by atoms with van der Waals surface area (Å²) in [7, 11) is 0. The lowest BCUT2D eigenvalue weighted by Crippen LogP contribution is -2.20. The molecule has 8 heteroatoms. The summed E-state index contributed by atoms with van der Waals surface area (Å²) in [5.41, 5.74) is 6.99. The molecule has 0 bridgehead atoms. The zero-order chi connectivity index (χ0) is 14.8. The van der Waals surface area contributed by atoms with E-state index in [-0.39, 0.29) is 11.5 Å². The number of nitrogens with two attached hydrogens (primary N) is 1. The molecule has 0 aliphatic rings. The highest BCUT2D eigenvalue weighted by Crippen LogP contribution is 2.23. The molecule has 0 aliphatic heterocycles. The largest absolute Gasteiger partial charge is 0.465 e. The standard InChI is InChI=1S/C12H10F3N4O/c1-7-3-2-4-8(18-7)9-5-17-11(10(16)19-9)20-6-12(13,14)15/h2-4H,6H2,1H3,(H2,16,19). The van der Waals surface area contributed by atoms with Crippen molar-refractivity contribution in [2.24, 2.45) is 0 Å². The molecule has 1 radical (unpaired) electrons. The molecule has 105 valence electrons. The highest BCUT2D eigenvalue weighted by molar-refractivity contribution is 5.56. The third kappa shape index (κ3) is 3.56. The van der Waals surface area contributed by atoms with Crippen molar-refractivity contribution < 1.29 is 17.9 Å². The number of halogens is 3. The van der Waals surface area contributed by atoms with Gasteiger partial charge in [0.1, 0.15) is 11.9 Å². The number of hydrogen-bond donors (Lipinski definition) is 1. The van der Waals surface area contributed by atoms with Crippen LogP contribution in [0.2, 0.25) is 0 Å². The molecule has 0 saturated heterocycles. The molecule has 0 amide bonds. The van der Waals surface area contributed by atoms with E-state index in [4.69, 9.17) is 5.73 Å². The quantitative estimate of drug-likeness (QED) is 0.934. The molecule has 2 rings (SSSR count). The molecule has 0 saturated carbocycles. The van der Waals surface area contributed by atoms with Crippen LogP contribution in [0.3, 0.4) is 0 Å². The van der Waals surface area contributed by atoms with E-state index in [9.17, 15) is 13.2 Å². The van der Waals surface area contributed by atoms with Gasteiger partial charge in [-0.25, -0.2) is 9.97 Å². The first kappa shape index (κ1) is 14.0. The van der Waals surface area contributed by atoms with Crippen molar-refractivity contribution in [1.82, 2.24) is 15.0 Å². The molecule has 0 fully saturated rings. The Labute approximate surface area is 112 Å². The van der Waals surface area contributed by atoms with E-state index in [1.807, 2.05) is 0 Å². The highest BCUT2D eigenvalue weighted by atomic mass is 19.4. The molecule has 2 aromatic heterocycles. The molecule has 0 aliphatic carbocycles. The predicted molar refractivity (Wildman–Crippen MR) is 64.8 cm³/mol. The molecule has 2 aromatic rings. The number of aryl methyl sites for hydroxylation is 1. The van der Waals surface area contributed by atoms with Crippen LogP contribution in [0.1, 0.15) is 5.69 Å². The van der Waals surface area contributed by atoms with Crippen LogP contribution in [-0.2, 0) is 0 Å². The van der Waals surface area contributed by atoms with Crippen LogP contribution >= 0.6 is 0 Å². The topological polar surface area (TPSA) is 73.9 Å². The Morgan fingerprint density at radius 2 is 2.05 bits per heavy atom. The van der Waals surface area contributed by atoms with Gasteiger partial charge in [-0.05, 0) is 19.1 Å². The fourth-order valence-electron chi connectivity index (χ4n) is 1.40. The van der Waals surface area contributed by atoms with Crippen LogP contribution in [-0.4, -0.2) is 27.7 Å². The van der Waals surface area contributed by atoms with Crippen molar-refractivity contribution in [3.63, 3.8) is 0 Å². The summed E-state index contributed by atoms with van der Waals surface area (Å²) in [5, 5.41) is 0. The number of alkyl halides is 3. The smallest absolute Gasteiger partial charge is 0.422 e. The molecule has 0 spiro atoms. The maximum Gasteiger partial charge on any atom is 0.422 e. The van der Waals surface area contributed by atoms with E-state index >= 15 is 0 Å². The first-order valence-corrected chi connectivity index (χ1v) is 5.54. The minimum Gasteiger partial charge on any atom is -0.465 e. The molecule has 2 N–H and O–H groups in total. The Hall–Kier alpha value is -2.38. The van der Waals surface area contributed by atoms with Gasteiger partial charge in [0, 0.05) is 5.69 Å².